The number of rotatable bonds is 3. The molecule has 0 bridgehead atoms. The molecule has 90 valence electrons. The van der Waals surface area contributed by atoms with Crippen LogP contribution in [-0.4, -0.2) is 27.4 Å². The lowest BCUT2D eigenvalue weighted by Crippen LogP contribution is -2.07. The molecule has 2 aromatic rings. The molecule has 4 heteroatoms. The van der Waals surface area contributed by atoms with Crippen molar-refractivity contribution in [3.8, 4) is 0 Å². The van der Waals surface area contributed by atoms with E-state index in [1.165, 1.54) is 0 Å². The Morgan fingerprint density at radius 3 is 2.59 bits per heavy atom. The summed E-state index contributed by atoms with van der Waals surface area (Å²) in [6, 6.07) is 5.57. The number of aromatic carboxylic acids is 1. The number of carboxylic acid groups (broad SMARTS) is 1. The van der Waals surface area contributed by atoms with Crippen molar-refractivity contribution in [3.63, 3.8) is 0 Å². The van der Waals surface area contributed by atoms with Crippen molar-refractivity contribution in [1.29, 1.82) is 0 Å². The minimum absolute atomic E-state index is 0.00243. The highest BCUT2D eigenvalue weighted by molar-refractivity contribution is 6.03. The van der Waals surface area contributed by atoms with Crippen LogP contribution in [0.25, 0.3) is 10.9 Å². The first-order valence-electron chi connectivity index (χ1n) is 5.49. The van der Waals surface area contributed by atoms with E-state index in [-0.39, 0.29) is 6.61 Å². The van der Waals surface area contributed by atoms with Crippen LogP contribution in [0.2, 0.25) is 0 Å². The number of carbonyl (C=O) groups is 1. The molecule has 0 aliphatic heterocycles. The van der Waals surface area contributed by atoms with Gasteiger partial charge in [0.25, 0.3) is 0 Å². The number of hydrogen-bond acceptors (Lipinski definition) is 2. The third-order valence-corrected chi connectivity index (χ3v) is 2.90. The SMILES string of the molecule is Cc1cc(C(=O)O)c2c(c1)cc(C)n2CCO. The fraction of sp³-hybridized carbons (Fsp3) is 0.308. The van der Waals surface area contributed by atoms with E-state index < -0.39 is 5.97 Å². The highest BCUT2D eigenvalue weighted by Crippen LogP contribution is 2.25. The summed E-state index contributed by atoms with van der Waals surface area (Å²) in [5.74, 6) is -0.934. The summed E-state index contributed by atoms with van der Waals surface area (Å²) in [7, 11) is 0. The lowest BCUT2D eigenvalue weighted by molar-refractivity contribution is 0.0698. The fourth-order valence-corrected chi connectivity index (χ4v) is 2.25. The number of fused-ring (bicyclic) bond motifs is 1. The standard InChI is InChI=1S/C13H15NO3/c1-8-5-10-7-9(2)14(3-4-15)12(10)11(6-8)13(16)17/h5-7,15H,3-4H2,1-2H3,(H,16,17). The van der Waals surface area contributed by atoms with E-state index in [0.29, 0.717) is 17.6 Å². The van der Waals surface area contributed by atoms with Gasteiger partial charge in [-0.05, 0) is 37.6 Å². The second-order valence-corrected chi connectivity index (χ2v) is 4.22. The van der Waals surface area contributed by atoms with Crippen LogP contribution in [0.5, 0.6) is 0 Å². The molecule has 1 aromatic carbocycles. The number of aliphatic hydroxyl groups excluding tert-OH is 1. The first-order chi connectivity index (χ1) is 8.04. The third kappa shape index (κ3) is 1.91. The van der Waals surface area contributed by atoms with Gasteiger partial charge in [-0.15, -0.1) is 0 Å². The van der Waals surface area contributed by atoms with E-state index in [1.807, 2.05) is 30.5 Å². The summed E-state index contributed by atoms with van der Waals surface area (Å²) < 4.78 is 1.85. The maximum atomic E-state index is 11.3. The molecule has 0 amide bonds. The van der Waals surface area contributed by atoms with Crippen LogP contribution in [0.4, 0.5) is 0 Å². The van der Waals surface area contributed by atoms with Gasteiger partial charge in [0.05, 0.1) is 17.7 Å². The molecule has 2 rings (SSSR count). The first kappa shape index (κ1) is 11.7. The van der Waals surface area contributed by atoms with E-state index >= 15 is 0 Å². The van der Waals surface area contributed by atoms with Crippen LogP contribution in [0.15, 0.2) is 18.2 Å². The number of hydrogen-bond donors (Lipinski definition) is 2. The second-order valence-electron chi connectivity index (χ2n) is 4.22. The molecule has 17 heavy (non-hydrogen) atoms. The maximum Gasteiger partial charge on any atom is 0.337 e. The van der Waals surface area contributed by atoms with Crippen molar-refractivity contribution >= 4 is 16.9 Å². The molecule has 0 aliphatic rings. The monoisotopic (exact) mass is 233 g/mol. The van der Waals surface area contributed by atoms with Gasteiger partial charge in [0.15, 0.2) is 0 Å². The summed E-state index contributed by atoms with van der Waals surface area (Å²) in [5, 5.41) is 19.2. The Kier molecular flexibility index (Phi) is 2.90. The highest BCUT2D eigenvalue weighted by atomic mass is 16.4. The van der Waals surface area contributed by atoms with Gasteiger partial charge in [-0.25, -0.2) is 4.79 Å². The van der Waals surface area contributed by atoms with E-state index in [2.05, 4.69) is 0 Å². The molecular weight excluding hydrogens is 218 g/mol. The zero-order valence-corrected chi connectivity index (χ0v) is 9.90. The van der Waals surface area contributed by atoms with Gasteiger partial charge in [-0.3, -0.25) is 0 Å². The van der Waals surface area contributed by atoms with Crippen molar-refractivity contribution in [3.05, 3.63) is 35.0 Å². The van der Waals surface area contributed by atoms with E-state index in [4.69, 9.17) is 5.11 Å². The van der Waals surface area contributed by atoms with Gasteiger partial charge in [0, 0.05) is 17.6 Å². The molecule has 0 saturated heterocycles. The van der Waals surface area contributed by atoms with E-state index in [1.54, 1.807) is 6.07 Å². The average Bonchev–Trinajstić information content (AvgIpc) is 2.54. The predicted molar refractivity (Wildman–Crippen MR) is 65.5 cm³/mol. The molecule has 1 heterocycles. The van der Waals surface area contributed by atoms with Crippen LogP contribution in [0.3, 0.4) is 0 Å². The summed E-state index contributed by atoms with van der Waals surface area (Å²) in [4.78, 5) is 11.3. The van der Waals surface area contributed by atoms with Crippen molar-refractivity contribution < 1.29 is 15.0 Å². The van der Waals surface area contributed by atoms with Crippen LogP contribution in [0.1, 0.15) is 21.6 Å². The number of carboxylic acids is 1. The minimum Gasteiger partial charge on any atom is -0.478 e. The lowest BCUT2D eigenvalue weighted by Gasteiger charge is -2.08. The average molecular weight is 233 g/mol. The number of aryl methyl sites for hydroxylation is 2. The smallest absolute Gasteiger partial charge is 0.337 e. The van der Waals surface area contributed by atoms with Gasteiger partial charge in [-0.2, -0.15) is 0 Å². The molecule has 0 fully saturated rings. The molecule has 0 atom stereocenters. The highest BCUT2D eigenvalue weighted by Gasteiger charge is 2.15. The number of aliphatic hydroxyl groups is 1. The maximum absolute atomic E-state index is 11.3. The van der Waals surface area contributed by atoms with Crippen LogP contribution >= 0.6 is 0 Å². The summed E-state index contributed by atoms with van der Waals surface area (Å²) >= 11 is 0. The predicted octanol–water partition coefficient (Wildman–Crippen LogP) is 1.95. The zero-order valence-electron chi connectivity index (χ0n) is 9.90. The van der Waals surface area contributed by atoms with Crippen molar-refractivity contribution in [2.24, 2.45) is 0 Å². The molecule has 0 radical (unpaired) electrons. The van der Waals surface area contributed by atoms with Gasteiger partial charge < -0.3 is 14.8 Å². The molecular formula is C13H15NO3. The Morgan fingerprint density at radius 2 is 2.00 bits per heavy atom. The molecule has 2 N–H and O–H groups in total. The molecule has 1 aromatic heterocycles. The number of nitrogens with zero attached hydrogens (tertiary/aromatic N) is 1. The van der Waals surface area contributed by atoms with Gasteiger partial charge in [0.1, 0.15) is 0 Å². The first-order valence-corrected chi connectivity index (χ1v) is 5.49. The van der Waals surface area contributed by atoms with Gasteiger partial charge >= 0.3 is 5.97 Å². The normalized spacial score (nSPS) is 11.0. The Bertz CT molecular complexity index is 584. The van der Waals surface area contributed by atoms with Crippen molar-refractivity contribution in [2.75, 3.05) is 6.61 Å². The van der Waals surface area contributed by atoms with E-state index in [0.717, 1.165) is 16.6 Å². The zero-order chi connectivity index (χ0) is 12.6. The molecule has 4 nitrogen and oxygen atoms in total. The van der Waals surface area contributed by atoms with Gasteiger partial charge in [-0.1, -0.05) is 0 Å². The van der Waals surface area contributed by atoms with Crippen LogP contribution < -0.4 is 0 Å². The lowest BCUT2D eigenvalue weighted by atomic mass is 10.1. The van der Waals surface area contributed by atoms with E-state index in [9.17, 15) is 9.90 Å². The molecule has 0 aliphatic carbocycles. The Hall–Kier alpha value is -1.81. The number of aromatic nitrogens is 1. The summed E-state index contributed by atoms with van der Waals surface area (Å²) in [6.07, 6.45) is 0. The molecule has 0 saturated carbocycles. The fourth-order valence-electron chi connectivity index (χ4n) is 2.25. The topological polar surface area (TPSA) is 62.5 Å². The van der Waals surface area contributed by atoms with Crippen LogP contribution in [0, 0.1) is 13.8 Å². The Morgan fingerprint density at radius 1 is 1.29 bits per heavy atom. The van der Waals surface area contributed by atoms with Crippen molar-refractivity contribution in [2.45, 2.75) is 20.4 Å². The summed E-state index contributed by atoms with van der Waals surface area (Å²) in [6.45, 7) is 4.21. The van der Waals surface area contributed by atoms with Crippen LogP contribution in [-0.2, 0) is 6.54 Å². The Labute approximate surface area is 99.1 Å². The molecule has 0 unspecified atom stereocenters. The molecule has 0 spiro atoms. The Balaban J connectivity index is 2.82. The second kappa shape index (κ2) is 4.22. The third-order valence-electron chi connectivity index (χ3n) is 2.90. The minimum atomic E-state index is -0.934. The largest absolute Gasteiger partial charge is 0.478 e. The number of benzene rings is 1. The summed E-state index contributed by atoms with van der Waals surface area (Å²) in [5.41, 5.74) is 2.87. The quantitative estimate of drug-likeness (QED) is 0.851. The van der Waals surface area contributed by atoms with Gasteiger partial charge in [0.2, 0.25) is 0 Å². The van der Waals surface area contributed by atoms with Crippen molar-refractivity contribution in [1.82, 2.24) is 4.57 Å².